The first-order valence-corrected chi connectivity index (χ1v) is 6.66. The quantitative estimate of drug-likeness (QED) is 0.792. The summed E-state index contributed by atoms with van der Waals surface area (Å²) in [5.74, 6) is 1.08. The van der Waals surface area contributed by atoms with E-state index in [2.05, 4.69) is 4.98 Å². The number of pyridine rings is 1. The van der Waals surface area contributed by atoms with Crippen LogP contribution in [0, 0.1) is 0 Å². The van der Waals surface area contributed by atoms with Gasteiger partial charge in [0, 0.05) is 18.7 Å². The van der Waals surface area contributed by atoms with Crippen molar-refractivity contribution in [3.8, 4) is 11.6 Å². The largest absolute Gasteiger partial charge is 0.491 e. The van der Waals surface area contributed by atoms with Crippen LogP contribution in [0.4, 0.5) is 0 Å². The zero-order chi connectivity index (χ0) is 15.1. The average Bonchev–Trinajstić information content (AvgIpc) is 2.55. The van der Waals surface area contributed by atoms with Crippen molar-refractivity contribution >= 4 is 0 Å². The summed E-state index contributed by atoms with van der Waals surface area (Å²) in [6, 6.07) is 12.6. The Bertz CT molecular complexity index is 574. The lowest BCUT2D eigenvalue weighted by molar-refractivity contribution is 0.142. The summed E-state index contributed by atoms with van der Waals surface area (Å²) in [5, 5.41) is 10.5. The van der Waals surface area contributed by atoms with Crippen molar-refractivity contribution in [2.45, 2.75) is 6.10 Å². The van der Waals surface area contributed by atoms with Crippen molar-refractivity contribution in [3.05, 3.63) is 53.7 Å². The summed E-state index contributed by atoms with van der Waals surface area (Å²) >= 11 is 0. The zero-order valence-corrected chi connectivity index (χ0v) is 12.2. The number of hydrogen-bond acceptors (Lipinski definition) is 5. The van der Waals surface area contributed by atoms with Crippen molar-refractivity contribution in [1.29, 1.82) is 0 Å². The highest BCUT2D eigenvalue weighted by Gasteiger charge is 2.17. The predicted octanol–water partition coefficient (Wildman–Crippen LogP) is 2.20. The van der Waals surface area contributed by atoms with Crippen molar-refractivity contribution in [2.75, 3.05) is 27.4 Å². The van der Waals surface area contributed by atoms with Gasteiger partial charge in [0.05, 0.1) is 19.4 Å². The van der Waals surface area contributed by atoms with Gasteiger partial charge in [0.15, 0.2) is 0 Å². The lowest BCUT2D eigenvalue weighted by atomic mass is 10.0. The zero-order valence-electron chi connectivity index (χ0n) is 12.2. The van der Waals surface area contributed by atoms with E-state index < -0.39 is 6.10 Å². The molecular weight excluding hydrogens is 270 g/mol. The number of aliphatic hydroxyl groups is 1. The van der Waals surface area contributed by atoms with Crippen LogP contribution in [0.2, 0.25) is 0 Å². The van der Waals surface area contributed by atoms with Gasteiger partial charge in [0.2, 0.25) is 5.88 Å². The minimum Gasteiger partial charge on any atom is -0.491 e. The highest BCUT2D eigenvalue weighted by atomic mass is 16.5. The molecule has 0 amide bonds. The van der Waals surface area contributed by atoms with Crippen molar-refractivity contribution in [1.82, 2.24) is 4.98 Å². The van der Waals surface area contributed by atoms with E-state index in [-0.39, 0.29) is 0 Å². The van der Waals surface area contributed by atoms with Gasteiger partial charge in [-0.15, -0.1) is 0 Å². The van der Waals surface area contributed by atoms with E-state index in [1.807, 2.05) is 24.3 Å². The molecule has 0 radical (unpaired) electrons. The minimum atomic E-state index is -0.876. The Morgan fingerprint density at radius 3 is 2.62 bits per heavy atom. The topological polar surface area (TPSA) is 60.8 Å². The number of hydrogen-bond donors (Lipinski definition) is 1. The van der Waals surface area contributed by atoms with Crippen LogP contribution in [0.1, 0.15) is 17.4 Å². The molecule has 0 aliphatic heterocycles. The van der Waals surface area contributed by atoms with Crippen LogP contribution >= 0.6 is 0 Å². The second-order valence-corrected chi connectivity index (χ2v) is 4.39. The van der Waals surface area contributed by atoms with Gasteiger partial charge >= 0.3 is 0 Å². The first-order chi connectivity index (χ1) is 10.3. The van der Waals surface area contributed by atoms with Crippen LogP contribution in [0.15, 0.2) is 42.5 Å². The van der Waals surface area contributed by atoms with Crippen LogP contribution in [-0.2, 0) is 4.74 Å². The molecule has 1 atom stereocenters. The van der Waals surface area contributed by atoms with Crippen molar-refractivity contribution in [2.24, 2.45) is 0 Å². The van der Waals surface area contributed by atoms with Gasteiger partial charge < -0.3 is 19.3 Å². The maximum absolute atomic E-state index is 10.5. The van der Waals surface area contributed by atoms with E-state index in [0.717, 1.165) is 0 Å². The molecule has 1 aromatic carbocycles. The molecule has 1 N–H and O–H groups in total. The third-order valence-electron chi connectivity index (χ3n) is 2.99. The molecule has 0 aliphatic carbocycles. The van der Waals surface area contributed by atoms with Crippen molar-refractivity contribution < 1.29 is 19.3 Å². The summed E-state index contributed by atoms with van der Waals surface area (Å²) in [6.07, 6.45) is -0.876. The number of rotatable bonds is 7. The number of methoxy groups -OCH3 is 2. The molecule has 0 spiro atoms. The molecular formula is C16H19NO4. The van der Waals surface area contributed by atoms with Crippen LogP contribution in [0.3, 0.4) is 0 Å². The number of nitrogens with zero attached hydrogens (tertiary/aromatic N) is 1. The molecule has 112 valence electrons. The van der Waals surface area contributed by atoms with Gasteiger partial charge in [-0.1, -0.05) is 24.3 Å². The second kappa shape index (κ2) is 7.61. The Balaban J connectivity index is 2.23. The summed E-state index contributed by atoms with van der Waals surface area (Å²) < 4.78 is 15.7. The molecule has 5 heteroatoms. The van der Waals surface area contributed by atoms with Gasteiger partial charge in [0.25, 0.3) is 0 Å². The molecule has 0 fully saturated rings. The molecule has 0 saturated heterocycles. The van der Waals surface area contributed by atoms with Gasteiger partial charge in [0.1, 0.15) is 18.5 Å². The van der Waals surface area contributed by atoms with Gasteiger partial charge in [-0.25, -0.2) is 4.98 Å². The van der Waals surface area contributed by atoms with Crippen molar-refractivity contribution in [3.63, 3.8) is 0 Å². The smallest absolute Gasteiger partial charge is 0.213 e. The summed E-state index contributed by atoms with van der Waals surface area (Å²) in [4.78, 5) is 4.25. The van der Waals surface area contributed by atoms with Crippen LogP contribution < -0.4 is 9.47 Å². The SMILES string of the molecule is COCCOc1ccccc1C(O)c1cccc(OC)n1. The molecule has 0 saturated carbocycles. The summed E-state index contributed by atoms with van der Waals surface area (Å²) in [7, 11) is 3.16. The lowest BCUT2D eigenvalue weighted by Crippen LogP contribution is -2.09. The van der Waals surface area contributed by atoms with Gasteiger partial charge in [-0.05, 0) is 12.1 Å². The standard InChI is InChI=1S/C16H19NO4/c1-19-10-11-21-14-8-4-3-6-12(14)16(18)13-7-5-9-15(17-13)20-2/h3-9,16,18H,10-11H2,1-2H3. The Morgan fingerprint density at radius 1 is 1.05 bits per heavy atom. The highest BCUT2D eigenvalue weighted by Crippen LogP contribution is 2.29. The summed E-state index contributed by atoms with van der Waals surface area (Å²) in [5.41, 5.74) is 1.17. The Morgan fingerprint density at radius 2 is 1.86 bits per heavy atom. The first kappa shape index (κ1) is 15.3. The average molecular weight is 289 g/mol. The molecule has 1 aromatic heterocycles. The fourth-order valence-corrected chi connectivity index (χ4v) is 1.93. The first-order valence-electron chi connectivity index (χ1n) is 6.66. The monoisotopic (exact) mass is 289 g/mol. The lowest BCUT2D eigenvalue weighted by Gasteiger charge is -2.16. The van der Waals surface area contributed by atoms with E-state index in [0.29, 0.717) is 36.1 Å². The maximum atomic E-state index is 10.5. The number of aliphatic hydroxyl groups excluding tert-OH is 1. The molecule has 21 heavy (non-hydrogen) atoms. The third kappa shape index (κ3) is 3.93. The molecule has 1 heterocycles. The molecule has 0 bridgehead atoms. The molecule has 2 aromatic rings. The van der Waals surface area contributed by atoms with E-state index >= 15 is 0 Å². The summed E-state index contributed by atoms with van der Waals surface area (Å²) in [6.45, 7) is 0.910. The predicted molar refractivity (Wildman–Crippen MR) is 78.7 cm³/mol. The number of ether oxygens (including phenoxy) is 3. The van der Waals surface area contributed by atoms with Gasteiger partial charge in [-0.3, -0.25) is 0 Å². The Hall–Kier alpha value is -2.11. The minimum absolute atomic E-state index is 0.422. The van der Waals surface area contributed by atoms with E-state index in [1.165, 1.54) is 0 Å². The van der Waals surface area contributed by atoms with Crippen LogP contribution in [-0.4, -0.2) is 37.5 Å². The van der Waals surface area contributed by atoms with Crippen LogP contribution in [0.5, 0.6) is 11.6 Å². The normalized spacial score (nSPS) is 12.0. The fraction of sp³-hybridized carbons (Fsp3) is 0.312. The molecule has 1 unspecified atom stereocenters. The maximum Gasteiger partial charge on any atom is 0.213 e. The Labute approximate surface area is 124 Å². The Kier molecular flexibility index (Phi) is 5.54. The molecule has 5 nitrogen and oxygen atoms in total. The third-order valence-corrected chi connectivity index (χ3v) is 2.99. The van der Waals surface area contributed by atoms with E-state index in [4.69, 9.17) is 14.2 Å². The number of benzene rings is 1. The highest BCUT2D eigenvalue weighted by molar-refractivity contribution is 5.39. The number of para-hydroxylation sites is 1. The van der Waals surface area contributed by atoms with Gasteiger partial charge in [-0.2, -0.15) is 0 Å². The van der Waals surface area contributed by atoms with E-state index in [9.17, 15) is 5.11 Å². The number of aromatic nitrogens is 1. The molecule has 0 aliphatic rings. The van der Waals surface area contributed by atoms with E-state index in [1.54, 1.807) is 32.4 Å². The molecule has 2 rings (SSSR count). The van der Waals surface area contributed by atoms with Crippen LogP contribution in [0.25, 0.3) is 0 Å². The fourth-order valence-electron chi connectivity index (χ4n) is 1.93. The second-order valence-electron chi connectivity index (χ2n) is 4.39.